The largest absolute Gasteiger partial charge is 0.504 e. The van der Waals surface area contributed by atoms with Gasteiger partial charge in [0.15, 0.2) is 11.5 Å². The van der Waals surface area contributed by atoms with Gasteiger partial charge in [0.1, 0.15) is 0 Å². The van der Waals surface area contributed by atoms with Gasteiger partial charge in [0, 0.05) is 0 Å². The van der Waals surface area contributed by atoms with Crippen LogP contribution in [0.2, 0.25) is 0 Å². The summed E-state index contributed by atoms with van der Waals surface area (Å²) in [7, 11) is 0. The number of ether oxygens (including phenoxy) is 1. The van der Waals surface area contributed by atoms with Crippen molar-refractivity contribution < 1.29 is 30.0 Å². The molecule has 1 atom stereocenters. The third-order valence-electron chi connectivity index (χ3n) is 1.43. The molecule has 0 saturated heterocycles. The van der Waals surface area contributed by atoms with E-state index in [-0.39, 0.29) is 5.75 Å². The van der Waals surface area contributed by atoms with Crippen LogP contribution in [0.4, 0.5) is 0 Å². The van der Waals surface area contributed by atoms with E-state index in [1.54, 1.807) is 0 Å². The van der Waals surface area contributed by atoms with Crippen molar-refractivity contribution in [3.63, 3.8) is 0 Å². The van der Waals surface area contributed by atoms with Gasteiger partial charge in [-0.25, -0.2) is 4.79 Å². The number of hydrogen-bond donors (Lipinski definition) is 4. The SMILES string of the molecule is O=C(O)[C@H](O)Oc1cccc(O)c1O. The second kappa shape index (κ2) is 3.84. The van der Waals surface area contributed by atoms with Gasteiger partial charge in [-0.15, -0.1) is 0 Å². The lowest BCUT2D eigenvalue weighted by Crippen LogP contribution is -2.26. The molecule has 4 N–H and O–H groups in total. The minimum atomic E-state index is -2.08. The van der Waals surface area contributed by atoms with Crippen molar-refractivity contribution in [2.24, 2.45) is 0 Å². The molecule has 0 unspecified atom stereocenters. The quantitative estimate of drug-likeness (QED) is 0.400. The molecule has 0 fully saturated rings. The fourth-order valence-corrected chi connectivity index (χ4v) is 0.777. The highest BCUT2D eigenvalue weighted by Crippen LogP contribution is 2.34. The van der Waals surface area contributed by atoms with E-state index in [4.69, 9.17) is 20.4 Å². The van der Waals surface area contributed by atoms with E-state index in [2.05, 4.69) is 4.74 Å². The van der Waals surface area contributed by atoms with Gasteiger partial charge in [-0.1, -0.05) is 6.07 Å². The number of phenols is 2. The third kappa shape index (κ3) is 2.05. The standard InChI is InChI=1S/C8H8O6/c9-4-2-1-3-5(6(4)10)14-8(13)7(11)12/h1-3,8-10,13H,(H,11,12)/t8-/m1/s1. The maximum Gasteiger partial charge on any atom is 0.373 e. The average Bonchev–Trinajstić information content (AvgIpc) is 2.12. The van der Waals surface area contributed by atoms with Gasteiger partial charge in [-0.05, 0) is 12.1 Å². The molecule has 0 aromatic heterocycles. The van der Waals surface area contributed by atoms with E-state index in [1.807, 2.05) is 0 Å². The second-order valence-electron chi connectivity index (χ2n) is 2.43. The summed E-state index contributed by atoms with van der Waals surface area (Å²) < 4.78 is 4.43. The van der Waals surface area contributed by atoms with Gasteiger partial charge in [0.25, 0.3) is 6.29 Å². The Labute approximate surface area is 78.6 Å². The maximum absolute atomic E-state index is 10.2. The lowest BCUT2D eigenvalue weighted by Gasteiger charge is -2.10. The normalized spacial score (nSPS) is 12.1. The fraction of sp³-hybridized carbons (Fsp3) is 0.125. The van der Waals surface area contributed by atoms with E-state index in [0.29, 0.717) is 0 Å². The van der Waals surface area contributed by atoms with Crippen LogP contribution in [-0.2, 0) is 4.79 Å². The number of aromatic hydroxyl groups is 2. The number of hydrogen-bond acceptors (Lipinski definition) is 5. The number of carboxylic acid groups (broad SMARTS) is 1. The maximum atomic E-state index is 10.2. The molecule has 6 nitrogen and oxygen atoms in total. The van der Waals surface area contributed by atoms with E-state index in [9.17, 15) is 4.79 Å². The molecule has 0 amide bonds. The second-order valence-corrected chi connectivity index (χ2v) is 2.43. The summed E-state index contributed by atoms with van der Waals surface area (Å²) in [5, 5.41) is 35.2. The Balaban J connectivity index is 2.87. The van der Waals surface area contributed by atoms with Gasteiger partial charge in [-0.3, -0.25) is 0 Å². The van der Waals surface area contributed by atoms with Gasteiger partial charge < -0.3 is 25.2 Å². The molecular weight excluding hydrogens is 192 g/mol. The first-order valence-electron chi connectivity index (χ1n) is 3.61. The van der Waals surface area contributed by atoms with E-state index in [1.165, 1.54) is 18.2 Å². The van der Waals surface area contributed by atoms with Crippen LogP contribution in [0.15, 0.2) is 18.2 Å². The predicted molar refractivity (Wildman–Crippen MR) is 44.0 cm³/mol. The summed E-state index contributed by atoms with van der Waals surface area (Å²) in [4.78, 5) is 10.2. The van der Waals surface area contributed by atoms with Crippen molar-refractivity contribution in [1.29, 1.82) is 0 Å². The third-order valence-corrected chi connectivity index (χ3v) is 1.43. The monoisotopic (exact) mass is 200 g/mol. The topological polar surface area (TPSA) is 107 Å². The Kier molecular flexibility index (Phi) is 2.78. The van der Waals surface area contributed by atoms with Crippen LogP contribution in [0.3, 0.4) is 0 Å². The Bertz CT molecular complexity index is 348. The number of benzene rings is 1. The number of para-hydroxylation sites is 1. The molecule has 76 valence electrons. The highest BCUT2D eigenvalue weighted by molar-refractivity contribution is 5.71. The molecule has 1 rings (SSSR count). The molecule has 0 saturated carbocycles. The summed E-state index contributed by atoms with van der Waals surface area (Å²) in [5.41, 5.74) is 0. The Morgan fingerprint density at radius 2 is 2.00 bits per heavy atom. The Morgan fingerprint density at radius 3 is 2.57 bits per heavy atom. The predicted octanol–water partition coefficient (Wildman–Crippen LogP) is -0.120. The Hall–Kier alpha value is -1.95. The molecule has 0 aliphatic rings. The van der Waals surface area contributed by atoms with E-state index < -0.39 is 23.8 Å². The smallest absolute Gasteiger partial charge is 0.373 e. The first-order chi connectivity index (χ1) is 6.52. The zero-order valence-corrected chi connectivity index (χ0v) is 6.91. The molecule has 14 heavy (non-hydrogen) atoms. The van der Waals surface area contributed by atoms with Gasteiger partial charge >= 0.3 is 5.97 Å². The molecule has 1 aromatic rings. The highest BCUT2D eigenvalue weighted by atomic mass is 16.6. The number of aliphatic hydroxyl groups is 1. The van der Waals surface area contributed by atoms with Crippen LogP contribution >= 0.6 is 0 Å². The molecular formula is C8H8O6. The number of aliphatic carboxylic acids is 1. The van der Waals surface area contributed by atoms with Crippen LogP contribution in [0.5, 0.6) is 17.2 Å². The molecule has 0 aliphatic carbocycles. The average molecular weight is 200 g/mol. The highest BCUT2D eigenvalue weighted by Gasteiger charge is 2.17. The molecule has 0 spiro atoms. The van der Waals surface area contributed by atoms with Crippen LogP contribution < -0.4 is 4.74 Å². The molecule has 0 aliphatic heterocycles. The van der Waals surface area contributed by atoms with Crippen LogP contribution in [0.25, 0.3) is 0 Å². The number of phenolic OH excluding ortho intramolecular Hbond substituents is 2. The molecule has 6 heteroatoms. The first-order valence-corrected chi connectivity index (χ1v) is 3.61. The van der Waals surface area contributed by atoms with Crippen LogP contribution in [-0.4, -0.2) is 32.7 Å². The number of carboxylic acids is 1. The molecule has 0 heterocycles. The van der Waals surface area contributed by atoms with Crippen molar-refractivity contribution in [3.8, 4) is 17.2 Å². The number of rotatable bonds is 3. The first kappa shape index (κ1) is 10.1. The minimum absolute atomic E-state index is 0.306. The Morgan fingerprint density at radius 1 is 1.36 bits per heavy atom. The summed E-state index contributed by atoms with van der Waals surface area (Å²) in [5.74, 6) is -2.97. The van der Waals surface area contributed by atoms with Gasteiger partial charge in [-0.2, -0.15) is 0 Å². The molecule has 1 aromatic carbocycles. The van der Waals surface area contributed by atoms with Crippen molar-refractivity contribution >= 4 is 5.97 Å². The van der Waals surface area contributed by atoms with Crippen LogP contribution in [0, 0.1) is 0 Å². The van der Waals surface area contributed by atoms with Crippen molar-refractivity contribution in [2.45, 2.75) is 6.29 Å². The summed E-state index contributed by atoms with van der Waals surface area (Å²) in [6.07, 6.45) is -2.08. The fourth-order valence-electron chi connectivity index (χ4n) is 0.777. The zero-order valence-electron chi connectivity index (χ0n) is 6.91. The van der Waals surface area contributed by atoms with Crippen molar-refractivity contribution in [2.75, 3.05) is 0 Å². The van der Waals surface area contributed by atoms with Gasteiger partial charge in [0.05, 0.1) is 0 Å². The summed E-state index contributed by atoms with van der Waals surface area (Å²) >= 11 is 0. The zero-order chi connectivity index (χ0) is 10.7. The van der Waals surface area contributed by atoms with E-state index in [0.717, 1.165) is 0 Å². The van der Waals surface area contributed by atoms with Crippen LogP contribution in [0.1, 0.15) is 0 Å². The van der Waals surface area contributed by atoms with E-state index >= 15 is 0 Å². The van der Waals surface area contributed by atoms with Crippen molar-refractivity contribution in [1.82, 2.24) is 0 Å². The molecule has 0 bridgehead atoms. The molecule has 0 radical (unpaired) electrons. The number of carbonyl (C=O) groups is 1. The minimum Gasteiger partial charge on any atom is -0.504 e. The summed E-state index contributed by atoms with van der Waals surface area (Å²) in [6, 6.07) is 3.73. The van der Waals surface area contributed by atoms with Crippen molar-refractivity contribution in [3.05, 3.63) is 18.2 Å². The van der Waals surface area contributed by atoms with Gasteiger partial charge in [0.2, 0.25) is 5.75 Å². The lowest BCUT2D eigenvalue weighted by atomic mass is 10.3. The number of aliphatic hydroxyl groups excluding tert-OH is 1. The lowest BCUT2D eigenvalue weighted by molar-refractivity contribution is -0.162. The summed E-state index contributed by atoms with van der Waals surface area (Å²) in [6.45, 7) is 0.